The van der Waals surface area contributed by atoms with E-state index in [4.69, 9.17) is 17.2 Å². The van der Waals surface area contributed by atoms with Crippen LogP contribution in [-0.2, 0) is 0 Å². The van der Waals surface area contributed by atoms with Gasteiger partial charge in [-0.2, -0.15) is 58.8 Å². The monoisotopic (exact) mass is 386 g/mol. The normalized spacial score (nSPS) is 18.6. The second-order valence-electron chi connectivity index (χ2n) is 4.10. The second kappa shape index (κ2) is 10.3. The topological polar surface area (TPSA) is 115 Å². The lowest BCUT2D eigenvalue weighted by Crippen LogP contribution is -2.51. The third-order valence-electron chi connectivity index (χ3n) is 2.31. The van der Waals surface area contributed by atoms with Crippen LogP contribution in [-0.4, -0.2) is 56.8 Å². The van der Waals surface area contributed by atoms with Crippen LogP contribution in [0.15, 0.2) is 9.98 Å². The number of nitrogens with zero attached hydrogens (tertiary/aromatic N) is 2. The molecule has 1 rings (SSSR count). The molecular weight excluding hydrogens is 364 g/mol. The summed E-state index contributed by atoms with van der Waals surface area (Å²) in [5.41, 5.74) is 17.2. The summed E-state index contributed by atoms with van der Waals surface area (Å²) in [7, 11) is 0. The number of guanidine groups is 2. The second-order valence-corrected chi connectivity index (χ2v) is 8.77. The fourth-order valence-electron chi connectivity index (χ4n) is 1.46. The predicted octanol–water partition coefficient (Wildman–Crippen LogP) is 0.217. The van der Waals surface area contributed by atoms with Gasteiger partial charge in [-0.1, -0.05) is 11.8 Å². The first-order chi connectivity index (χ1) is 9.99. The van der Waals surface area contributed by atoms with E-state index in [9.17, 15) is 0 Å². The zero-order chi connectivity index (χ0) is 15.7. The van der Waals surface area contributed by atoms with E-state index in [1.165, 1.54) is 11.8 Å². The minimum Gasteiger partial charge on any atom is -0.369 e. The quantitative estimate of drug-likeness (QED) is 0.181. The number of thioether (sulfide) groups is 3. The van der Waals surface area contributed by atoms with Crippen LogP contribution in [0.1, 0.15) is 0 Å². The third-order valence-corrected chi connectivity index (χ3v) is 7.39. The van der Waals surface area contributed by atoms with E-state index in [-0.39, 0.29) is 11.9 Å². The molecule has 0 aromatic rings. The van der Waals surface area contributed by atoms with Gasteiger partial charge in [-0.15, -0.1) is 0 Å². The van der Waals surface area contributed by atoms with Crippen molar-refractivity contribution in [2.75, 3.05) is 34.5 Å². The molecule has 0 bridgehead atoms. The Bertz CT molecular complexity index is 359. The summed E-state index contributed by atoms with van der Waals surface area (Å²) < 4.78 is 0. The molecule has 6 nitrogen and oxygen atoms in total. The summed E-state index contributed by atoms with van der Waals surface area (Å²) in [5.74, 6) is 6.10. The lowest BCUT2D eigenvalue weighted by Gasteiger charge is -2.25. The van der Waals surface area contributed by atoms with E-state index in [1.807, 2.05) is 23.5 Å². The number of thiol groups is 2. The van der Waals surface area contributed by atoms with Crippen LogP contribution >= 0.6 is 60.5 Å². The van der Waals surface area contributed by atoms with Gasteiger partial charge in [-0.3, -0.25) is 11.1 Å². The predicted molar refractivity (Wildman–Crippen MR) is 107 cm³/mol. The maximum atomic E-state index is 6.04. The highest BCUT2D eigenvalue weighted by Gasteiger charge is 2.28. The zero-order valence-corrected chi connectivity index (χ0v) is 15.8. The molecule has 1 unspecified atom stereocenters. The van der Waals surface area contributed by atoms with Crippen molar-refractivity contribution in [3.05, 3.63) is 0 Å². The number of hydrogen-bond donors (Lipinski definition) is 6. The molecule has 1 heterocycles. The van der Waals surface area contributed by atoms with Crippen LogP contribution in [0.4, 0.5) is 0 Å². The van der Waals surface area contributed by atoms with Gasteiger partial charge in [-0.25, -0.2) is 0 Å². The van der Waals surface area contributed by atoms with Crippen molar-refractivity contribution >= 4 is 72.5 Å². The molecule has 0 aliphatic carbocycles. The van der Waals surface area contributed by atoms with Crippen LogP contribution in [0.5, 0.6) is 0 Å². The van der Waals surface area contributed by atoms with Gasteiger partial charge in [0.1, 0.15) is 0 Å². The number of aliphatic imine (C=N–C) groups is 2. The number of nitrogens with two attached hydrogens (primary N) is 3. The van der Waals surface area contributed by atoms with Gasteiger partial charge in [-0.05, 0) is 5.75 Å². The van der Waals surface area contributed by atoms with Crippen LogP contribution in [0.3, 0.4) is 0 Å². The Kier molecular flexibility index (Phi) is 9.53. The van der Waals surface area contributed by atoms with Crippen LogP contribution in [0, 0.1) is 0 Å². The molecule has 0 saturated heterocycles. The molecule has 0 spiro atoms. The molecule has 0 amide bonds. The van der Waals surface area contributed by atoms with E-state index in [0.717, 1.165) is 34.5 Å². The number of nitrogens with one attached hydrogen (secondary N) is 1. The SMILES string of the molecule is NC1=NC(N)(SCCSC(CS)CSCCS)N=C(N)N1. The Labute approximate surface area is 149 Å². The van der Waals surface area contributed by atoms with E-state index in [2.05, 4.69) is 40.6 Å². The molecular formula is C10H22N6S5. The Morgan fingerprint density at radius 2 is 1.81 bits per heavy atom. The molecule has 122 valence electrons. The van der Waals surface area contributed by atoms with Crippen LogP contribution in [0.25, 0.3) is 0 Å². The first-order valence-corrected chi connectivity index (χ1v) is 10.8. The average Bonchev–Trinajstić information content (AvgIpc) is 2.40. The molecule has 21 heavy (non-hydrogen) atoms. The van der Waals surface area contributed by atoms with Gasteiger partial charge in [0.05, 0.1) is 0 Å². The molecule has 0 saturated carbocycles. The minimum absolute atomic E-state index is 0.196. The summed E-state index contributed by atoms with van der Waals surface area (Å²) in [5, 5.41) is 2.04. The first-order valence-electron chi connectivity index (χ1n) is 6.30. The Balaban J connectivity index is 2.27. The fourth-order valence-corrected chi connectivity index (χ4v) is 5.60. The number of rotatable bonds is 10. The van der Waals surface area contributed by atoms with Crippen molar-refractivity contribution in [3.63, 3.8) is 0 Å². The van der Waals surface area contributed by atoms with Gasteiger partial charge in [0.25, 0.3) is 5.12 Å². The molecule has 7 N–H and O–H groups in total. The molecule has 0 aromatic heterocycles. The van der Waals surface area contributed by atoms with Crippen molar-refractivity contribution < 1.29 is 0 Å². The standard InChI is InChI=1S/C10H22N6S5/c11-8-14-9(12)16-10(13,15-8)21-4-3-20-7(5-18)6-19-2-1-17/h7,17-18H,1-6,13H2,(H5,11,12,14,15,16). The zero-order valence-electron chi connectivity index (χ0n) is 11.6. The maximum Gasteiger partial charge on any atom is 0.258 e. The van der Waals surface area contributed by atoms with Crippen LogP contribution in [0.2, 0.25) is 0 Å². The smallest absolute Gasteiger partial charge is 0.258 e. The van der Waals surface area contributed by atoms with E-state index in [0.29, 0.717) is 5.25 Å². The van der Waals surface area contributed by atoms with Crippen molar-refractivity contribution in [2.24, 2.45) is 27.2 Å². The largest absolute Gasteiger partial charge is 0.369 e. The summed E-state index contributed by atoms with van der Waals surface area (Å²) in [4.78, 5) is 8.16. The first kappa shape index (κ1) is 19.5. The maximum absolute atomic E-state index is 6.04. The Morgan fingerprint density at radius 1 is 1.14 bits per heavy atom. The van der Waals surface area contributed by atoms with E-state index in [1.54, 1.807) is 0 Å². The summed E-state index contributed by atoms with van der Waals surface area (Å²) in [6.45, 7) is 0. The van der Waals surface area contributed by atoms with Crippen molar-refractivity contribution in [3.8, 4) is 0 Å². The van der Waals surface area contributed by atoms with Crippen LogP contribution < -0.4 is 22.5 Å². The lowest BCUT2D eigenvalue weighted by atomic mass is 10.5. The molecule has 1 atom stereocenters. The van der Waals surface area contributed by atoms with Gasteiger partial charge in [0, 0.05) is 34.0 Å². The molecule has 1 aliphatic heterocycles. The summed E-state index contributed by atoms with van der Waals surface area (Å²) in [6.07, 6.45) is 0. The fraction of sp³-hybridized carbons (Fsp3) is 0.800. The Morgan fingerprint density at radius 3 is 2.38 bits per heavy atom. The van der Waals surface area contributed by atoms with Gasteiger partial charge in [0.2, 0.25) is 0 Å². The average molecular weight is 387 g/mol. The van der Waals surface area contributed by atoms with Gasteiger partial charge < -0.3 is 11.5 Å². The van der Waals surface area contributed by atoms with Crippen molar-refractivity contribution in [2.45, 2.75) is 10.4 Å². The highest BCUT2D eigenvalue weighted by molar-refractivity contribution is 8.05. The lowest BCUT2D eigenvalue weighted by molar-refractivity contribution is 0.664. The number of hydrogen-bond acceptors (Lipinski definition) is 11. The third kappa shape index (κ3) is 8.03. The van der Waals surface area contributed by atoms with E-state index < -0.39 is 5.12 Å². The van der Waals surface area contributed by atoms with Crippen molar-refractivity contribution in [1.29, 1.82) is 0 Å². The molecule has 1 aliphatic rings. The molecule has 11 heteroatoms. The van der Waals surface area contributed by atoms with Gasteiger partial charge >= 0.3 is 0 Å². The highest BCUT2D eigenvalue weighted by Crippen LogP contribution is 2.26. The highest BCUT2D eigenvalue weighted by atomic mass is 32.2. The minimum atomic E-state index is -1.11. The summed E-state index contributed by atoms with van der Waals surface area (Å²) in [6, 6.07) is 0. The van der Waals surface area contributed by atoms with E-state index >= 15 is 0 Å². The molecule has 0 fully saturated rings. The van der Waals surface area contributed by atoms with Crippen molar-refractivity contribution in [1.82, 2.24) is 5.32 Å². The molecule has 0 aromatic carbocycles. The molecule has 0 radical (unpaired) electrons. The summed E-state index contributed by atoms with van der Waals surface area (Å²) >= 11 is 13.8. The Hall–Kier alpha value is 0.450. The van der Waals surface area contributed by atoms with Gasteiger partial charge in [0.15, 0.2) is 11.9 Å².